The van der Waals surface area contributed by atoms with E-state index in [4.69, 9.17) is 17.3 Å². The van der Waals surface area contributed by atoms with Gasteiger partial charge in [-0.15, -0.1) is 0 Å². The average Bonchev–Trinajstić information content (AvgIpc) is 3.02. The summed E-state index contributed by atoms with van der Waals surface area (Å²) in [6.07, 6.45) is 3.85. The maximum Gasteiger partial charge on any atom is 0.253 e. The molecular formula is C15H18ClN5O. The smallest absolute Gasteiger partial charge is 0.253 e. The number of H-pyrrole nitrogens is 1. The fraction of sp³-hybridized carbons (Fsp3) is 0.467. The molecule has 0 unspecified atom stereocenters. The lowest BCUT2D eigenvalue weighted by Gasteiger charge is -2.44. The summed E-state index contributed by atoms with van der Waals surface area (Å²) in [6.45, 7) is 3.23. The first-order chi connectivity index (χ1) is 10.6. The first kappa shape index (κ1) is 13.8. The molecule has 1 aromatic carbocycles. The number of aromatic nitrogens is 2. The zero-order chi connectivity index (χ0) is 15.3. The van der Waals surface area contributed by atoms with Gasteiger partial charge in [-0.3, -0.25) is 4.79 Å². The van der Waals surface area contributed by atoms with Crippen LogP contribution in [-0.4, -0.2) is 46.5 Å². The molecule has 0 saturated carbocycles. The van der Waals surface area contributed by atoms with Gasteiger partial charge in [0.2, 0.25) is 0 Å². The molecule has 0 aliphatic carbocycles. The SMILES string of the molecule is Nc1c(Cl)cc(C(=O)N[C@H]2CN3CCC2CC3)c2nc[nH]c12. The van der Waals surface area contributed by atoms with Crippen LogP contribution in [-0.2, 0) is 0 Å². The van der Waals surface area contributed by atoms with E-state index in [1.165, 1.54) is 6.33 Å². The fourth-order valence-electron chi connectivity index (χ4n) is 3.64. The molecule has 3 fully saturated rings. The molecule has 116 valence electrons. The Morgan fingerprint density at radius 1 is 1.45 bits per heavy atom. The molecule has 2 aromatic rings. The molecule has 5 rings (SSSR count). The van der Waals surface area contributed by atoms with E-state index >= 15 is 0 Å². The number of amides is 1. The van der Waals surface area contributed by atoms with Crippen LogP contribution in [0.2, 0.25) is 5.02 Å². The number of piperidine rings is 3. The van der Waals surface area contributed by atoms with Gasteiger partial charge < -0.3 is 20.9 Å². The van der Waals surface area contributed by atoms with Gasteiger partial charge in [-0.05, 0) is 37.9 Å². The maximum atomic E-state index is 12.7. The van der Waals surface area contributed by atoms with E-state index in [1.54, 1.807) is 6.07 Å². The Balaban J connectivity index is 1.63. The van der Waals surface area contributed by atoms with E-state index in [1.807, 2.05) is 0 Å². The van der Waals surface area contributed by atoms with Gasteiger partial charge in [-0.1, -0.05) is 11.6 Å². The maximum absolute atomic E-state index is 12.7. The topological polar surface area (TPSA) is 87.0 Å². The van der Waals surface area contributed by atoms with Gasteiger partial charge >= 0.3 is 0 Å². The Kier molecular flexibility index (Phi) is 3.23. The molecule has 0 radical (unpaired) electrons. The van der Waals surface area contributed by atoms with Crippen LogP contribution < -0.4 is 11.1 Å². The minimum atomic E-state index is -0.127. The van der Waals surface area contributed by atoms with Gasteiger partial charge in [0.25, 0.3) is 5.91 Å². The van der Waals surface area contributed by atoms with Crippen molar-refractivity contribution < 1.29 is 4.79 Å². The predicted octanol–water partition coefficient (Wildman–Crippen LogP) is 1.62. The number of nitrogens with zero attached hydrogens (tertiary/aromatic N) is 2. The Morgan fingerprint density at radius 3 is 2.91 bits per heavy atom. The number of carbonyl (C=O) groups is 1. The minimum Gasteiger partial charge on any atom is -0.396 e. The highest BCUT2D eigenvalue weighted by atomic mass is 35.5. The number of aromatic amines is 1. The number of anilines is 1. The Labute approximate surface area is 133 Å². The van der Waals surface area contributed by atoms with Gasteiger partial charge in [-0.25, -0.2) is 4.98 Å². The Bertz CT molecular complexity index is 735. The number of benzene rings is 1. The molecule has 4 N–H and O–H groups in total. The number of fused-ring (bicyclic) bond motifs is 4. The molecule has 1 aromatic heterocycles. The van der Waals surface area contributed by atoms with Crippen molar-refractivity contribution in [2.45, 2.75) is 18.9 Å². The van der Waals surface area contributed by atoms with E-state index in [-0.39, 0.29) is 11.9 Å². The van der Waals surface area contributed by atoms with Crippen molar-refractivity contribution in [1.82, 2.24) is 20.2 Å². The fourth-order valence-corrected chi connectivity index (χ4v) is 3.85. The summed E-state index contributed by atoms with van der Waals surface area (Å²) in [4.78, 5) is 22.3. The molecule has 6 nitrogen and oxygen atoms in total. The predicted molar refractivity (Wildman–Crippen MR) is 85.9 cm³/mol. The molecule has 2 bridgehead atoms. The molecule has 22 heavy (non-hydrogen) atoms. The second-order valence-corrected chi connectivity index (χ2v) is 6.57. The second kappa shape index (κ2) is 5.14. The summed E-state index contributed by atoms with van der Waals surface area (Å²) in [5.74, 6) is 0.450. The van der Waals surface area contributed by atoms with Crippen LogP contribution >= 0.6 is 11.6 Å². The van der Waals surface area contributed by atoms with E-state index in [0.717, 1.165) is 32.5 Å². The van der Waals surface area contributed by atoms with Crippen molar-refractivity contribution >= 4 is 34.2 Å². The van der Waals surface area contributed by atoms with Crippen LogP contribution in [0.25, 0.3) is 11.0 Å². The van der Waals surface area contributed by atoms with Gasteiger partial charge in [0.05, 0.1) is 28.1 Å². The summed E-state index contributed by atoms with van der Waals surface area (Å²) < 4.78 is 0. The minimum absolute atomic E-state index is 0.127. The van der Waals surface area contributed by atoms with Crippen molar-refractivity contribution in [3.8, 4) is 0 Å². The first-order valence-corrected chi connectivity index (χ1v) is 7.95. The van der Waals surface area contributed by atoms with E-state index in [0.29, 0.717) is 33.2 Å². The molecule has 1 amide bonds. The third-order valence-corrected chi connectivity index (χ3v) is 5.22. The second-order valence-electron chi connectivity index (χ2n) is 6.16. The number of carbonyl (C=O) groups excluding carboxylic acids is 1. The normalized spacial score (nSPS) is 27.2. The number of hydrogen-bond acceptors (Lipinski definition) is 4. The molecule has 1 atom stereocenters. The summed E-state index contributed by atoms with van der Waals surface area (Å²) in [5, 5.41) is 3.53. The van der Waals surface area contributed by atoms with Crippen LogP contribution in [0.15, 0.2) is 12.4 Å². The highest BCUT2D eigenvalue weighted by Crippen LogP contribution is 2.31. The molecule has 7 heteroatoms. The van der Waals surface area contributed by atoms with Crippen molar-refractivity contribution in [3.05, 3.63) is 23.0 Å². The average molecular weight is 320 g/mol. The summed E-state index contributed by atoms with van der Waals surface area (Å²) in [6, 6.07) is 1.82. The Hall–Kier alpha value is -1.79. The quantitative estimate of drug-likeness (QED) is 0.734. The van der Waals surface area contributed by atoms with Gasteiger partial charge in [0, 0.05) is 12.6 Å². The van der Waals surface area contributed by atoms with Crippen LogP contribution in [0.5, 0.6) is 0 Å². The molecular weight excluding hydrogens is 302 g/mol. The number of nitrogens with one attached hydrogen (secondary N) is 2. The number of rotatable bonds is 2. The summed E-state index contributed by atoms with van der Waals surface area (Å²) in [5.41, 5.74) is 8.01. The first-order valence-electron chi connectivity index (χ1n) is 7.58. The highest BCUT2D eigenvalue weighted by molar-refractivity contribution is 6.35. The van der Waals surface area contributed by atoms with Crippen molar-refractivity contribution in [3.63, 3.8) is 0 Å². The van der Waals surface area contributed by atoms with Crippen LogP contribution in [0.3, 0.4) is 0 Å². The zero-order valence-corrected chi connectivity index (χ0v) is 12.9. The zero-order valence-electron chi connectivity index (χ0n) is 12.1. The van der Waals surface area contributed by atoms with Crippen molar-refractivity contribution in [1.29, 1.82) is 0 Å². The number of nitrogens with two attached hydrogens (primary N) is 1. The van der Waals surface area contributed by atoms with Crippen molar-refractivity contribution in [2.24, 2.45) is 5.92 Å². The number of nitrogen functional groups attached to an aromatic ring is 1. The lowest BCUT2D eigenvalue weighted by molar-refractivity contribution is 0.0621. The van der Waals surface area contributed by atoms with Crippen LogP contribution in [0, 0.1) is 5.92 Å². The molecule has 4 heterocycles. The van der Waals surface area contributed by atoms with Gasteiger partial charge in [0.1, 0.15) is 5.52 Å². The van der Waals surface area contributed by atoms with Gasteiger partial charge in [0.15, 0.2) is 0 Å². The third kappa shape index (κ3) is 2.14. The number of imidazole rings is 1. The number of hydrogen-bond donors (Lipinski definition) is 3. The van der Waals surface area contributed by atoms with Crippen molar-refractivity contribution in [2.75, 3.05) is 25.4 Å². The molecule has 3 saturated heterocycles. The van der Waals surface area contributed by atoms with Crippen LogP contribution in [0.1, 0.15) is 23.2 Å². The lowest BCUT2D eigenvalue weighted by atomic mass is 9.84. The van der Waals surface area contributed by atoms with Gasteiger partial charge in [-0.2, -0.15) is 0 Å². The molecule has 0 spiro atoms. The van der Waals surface area contributed by atoms with Crippen LogP contribution in [0.4, 0.5) is 5.69 Å². The summed E-state index contributed by atoms with van der Waals surface area (Å²) in [7, 11) is 0. The van der Waals surface area contributed by atoms with E-state index in [2.05, 4.69) is 20.2 Å². The summed E-state index contributed by atoms with van der Waals surface area (Å²) >= 11 is 6.14. The molecule has 3 aliphatic rings. The largest absolute Gasteiger partial charge is 0.396 e. The molecule has 3 aliphatic heterocycles. The lowest BCUT2D eigenvalue weighted by Crippen LogP contribution is -2.57. The standard InChI is InChI=1S/C15H18ClN5O/c16-10-5-9(13-14(12(10)17)19-7-18-13)15(22)20-11-6-21-3-1-8(11)2-4-21/h5,7-8,11H,1-4,6,17H2,(H,18,19)(H,20,22)/t11-/m0/s1. The number of halogens is 1. The third-order valence-electron chi connectivity index (χ3n) is 4.91. The monoisotopic (exact) mass is 319 g/mol. The van der Waals surface area contributed by atoms with E-state index in [9.17, 15) is 4.79 Å². The Morgan fingerprint density at radius 2 is 2.23 bits per heavy atom. The van der Waals surface area contributed by atoms with E-state index < -0.39 is 0 Å². The highest BCUT2D eigenvalue weighted by Gasteiger charge is 2.35.